The van der Waals surface area contributed by atoms with Crippen LogP contribution >= 0.6 is 0 Å². The maximum atomic E-state index is 11.8. The number of carbonyl (C=O) groups excluding carboxylic acids is 1. The first-order valence-electron chi connectivity index (χ1n) is 7.76. The molecule has 1 saturated heterocycles. The third-order valence-electron chi connectivity index (χ3n) is 3.28. The fourth-order valence-electron chi connectivity index (χ4n) is 2.19. The van der Waals surface area contributed by atoms with E-state index in [-0.39, 0.29) is 6.09 Å². The van der Waals surface area contributed by atoms with Gasteiger partial charge in [-0.2, -0.15) is 0 Å². The van der Waals surface area contributed by atoms with Gasteiger partial charge < -0.3 is 25.0 Å². The van der Waals surface area contributed by atoms with Gasteiger partial charge in [-0.1, -0.05) is 0 Å². The minimum atomic E-state index is -0.446. The second-order valence-corrected chi connectivity index (χ2v) is 6.72. The molecule has 0 aromatic rings. The van der Waals surface area contributed by atoms with Crippen LogP contribution < -0.4 is 10.6 Å². The van der Waals surface area contributed by atoms with E-state index in [2.05, 4.69) is 17.6 Å². The number of morpholine rings is 1. The Bertz CT molecular complexity index is 312. The maximum Gasteiger partial charge on any atom is 0.410 e. The number of rotatable bonds is 6. The lowest BCUT2D eigenvalue weighted by Gasteiger charge is -2.28. The van der Waals surface area contributed by atoms with E-state index < -0.39 is 5.60 Å². The van der Waals surface area contributed by atoms with E-state index in [1.165, 1.54) is 0 Å². The van der Waals surface area contributed by atoms with E-state index in [1.54, 1.807) is 11.9 Å². The molecular formula is C15H31N3O3. The van der Waals surface area contributed by atoms with Gasteiger partial charge in [0.25, 0.3) is 0 Å². The smallest absolute Gasteiger partial charge is 0.410 e. The molecule has 1 aliphatic heterocycles. The summed E-state index contributed by atoms with van der Waals surface area (Å²) >= 11 is 0. The molecule has 1 fully saturated rings. The van der Waals surface area contributed by atoms with E-state index in [0.717, 1.165) is 32.7 Å². The van der Waals surface area contributed by atoms with E-state index in [0.29, 0.717) is 18.6 Å². The third-order valence-corrected chi connectivity index (χ3v) is 3.28. The Labute approximate surface area is 128 Å². The molecule has 0 aliphatic carbocycles. The lowest BCUT2D eigenvalue weighted by atomic mass is 10.1. The molecule has 21 heavy (non-hydrogen) atoms. The van der Waals surface area contributed by atoms with Crippen molar-refractivity contribution >= 4 is 6.09 Å². The largest absolute Gasteiger partial charge is 0.444 e. The quantitative estimate of drug-likeness (QED) is 0.772. The highest BCUT2D eigenvalue weighted by atomic mass is 16.6. The van der Waals surface area contributed by atoms with Crippen molar-refractivity contribution in [2.75, 3.05) is 39.9 Å². The van der Waals surface area contributed by atoms with Gasteiger partial charge in [0.05, 0.1) is 13.2 Å². The summed E-state index contributed by atoms with van der Waals surface area (Å²) in [7, 11) is 1.76. The lowest BCUT2D eigenvalue weighted by molar-refractivity contribution is 0.0298. The van der Waals surface area contributed by atoms with Crippen LogP contribution in [0.15, 0.2) is 0 Å². The predicted octanol–water partition coefficient (Wildman–Crippen LogP) is 1.21. The fraction of sp³-hybridized carbons (Fsp3) is 0.933. The topological polar surface area (TPSA) is 62.8 Å². The Hall–Kier alpha value is -0.850. The molecule has 0 spiro atoms. The van der Waals surface area contributed by atoms with Gasteiger partial charge in [0, 0.05) is 38.8 Å². The Morgan fingerprint density at radius 3 is 2.81 bits per heavy atom. The lowest BCUT2D eigenvalue weighted by Crippen LogP contribution is -2.46. The monoisotopic (exact) mass is 301 g/mol. The molecule has 2 N–H and O–H groups in total. The third kappa shape index (κ3) is 8.24. The van der Waals surface area contributed by atoms with Crippen molar-refractivity contribution in [1.82, 2.24) is 15.5 Å². The van der Waals surface area contributed by atoms with Crippen LogP contribution in [-0.4, -0.2) is 68.6 Å². The van der Waals surface area contributed by atoms with Crippen LogP contribution in [0.1, 0.15) is 34.1 Å². The summed E-state index contributed by atoms with van der Waals surface area (Å²) in [4.78, 5) is 13.4. The molecule has 124 valence electrons. The Morgan fingerprint density at radius 2 is 2.24 bits per heavy atom. The van der Waals surface area contributed by atoms with E-state index in [1.807, 2.05) is 20.8 Å². The zero-order valence-electron chi connectivity index (χ0n) is 14.1. The number of carbonyl (C=O) groups is 1. The number of ether oxygens (including phenoxy) is 2. The number of nitrogens with one attached hydrogen (secondary N) is 2. The second kappa shape index (κ2) is 8.56. The SMILES string of the molecule is CC(CC1COCCN1)NCCN(C)C(=O)OC(C)(C)C. The molecule has 1 heterocycles. The molecule has 0 radical (unpaired) electrons. The first kappa shape index (κ1) is 18.2. The summed E-state index contributed by atoms with van der Waals surface area (Å²) < 4.78 is 10.8. The van der Waals surface area contributed by atoms with Crippen LogP contribution in [0, 0.1) is 0 Å². The summed E-state index contributed by atoms with van der Waals surface area (Å²) in [6.45, 7) is 11.7. The van der Waals surface area contributed by atoms with E-state index >= 15 is 0 Å². The molecule has 2 unspecified atom stereocenters. The van der Waals surface area contributed by atoms with Crippen molar-refractivity contribution in [2.24, 2.45) is 0 Å². The van der Waals surface area contributed by atoms with Crippen molar-refractivity contribution in [3.05, 3.63) is 0 Å². The summed E-state index contributed by atoms with van der Waals surface area (Å²) in [5, 5.41) is 6.88. The average molecular weight is 301 g/mol. The minimum absolute atomic E-state index is 0.278. The molecule has 1 amide bonds. The molecule has 2 atom stereocenters. The van der Waals surface area contributed by atoms with Crippen molar-refractivity contribution < 1.29 is 14.3 Å². The Kier molecular flexibility index (Phi) is 7.42. The molecule has 1 aliphatic rings. The van der Waals surface area contributed by atoms with Gasteiger partial charge in [-0.15, -0.1) is 0 Å². The summed E-state index contributed by atoms with van der Waals surface area (Å²) in [6, 6.07) is 0.807. The highest BCUT2D eigenvalue weighted by molar-refractivity contribution is 5.67. The normalized spacial score (nSPS) is 20.9. The standard InChI is InChI=1S/C15H31N3O3/c1-12(10-13-11-20-9-7-17-13)16-6-8-18(5)14(19)21-15(2,3)4/h12-13,16-17H,6-11H2,1-5H3. The van der Waals surface area contributed by atoms with Gasteiger partial charge in [-0.3, -0.25) is 0 Å². The Morgan fingerprint density at radius 1 is 1.52 bits per heavy atom. The predicted molar refractivity (Wildman–Crippen MR) is 83.6 cm³/mol. The highest BCUT2D eigenvalue weighted by Gasteiger charge is 2.20. The number of hydrogen-bond donors (Lipinski definition) is 2. The van der Waals surface area contributed by atoms with Crippen LogP contribution in [0.2, 0.25) is 0 Å². The fourth-order valence-corrected chi connectivity index (χ4v) is 2.19. The zero-order valence-corrected chi connectivity index (χ0v) is 14.1. The average Bonchev–Trinajstić information content (AvgIpc) is 2.37. The van der Waals surface area contributed by atoms with Crippen LogP contribution in [0.5, 0.6) is 0 Å². The van der Waals surface area contributed by atoms with Gasteiger partial charge in [0.2, 0.25) is 0 Å². The maximum absolute atomic E-state index is 11.8. The molecule has 0 bridgehead atoms. The van der Waals surface area contributed by atoms with Crippen molar-refractivity contribution in [3.63, 3.8) is 0 Å². The van der Waals surface area contributed by atoms with Crippen LogP contribution in [0.3, 0.4) is 0 Å². The van der Waals surface area contributed by atoms with E-state index in [4.69, 9.17) is 9.47 Å². The molecule has 6 nitrogen and oxygen atoms in total. The highest BCUT2D eigenvalue weighted by Crippen LogP contribution is 2.08. The Balaban J connectivity index is 2.15. The van der Waals surface area contributed by atoms with Gasteiger partial charge >= 0.3 is 6.09 Å². The van der Waals surface area contributed by atoms with Crippen LogP contribution in [0.4, 0.5) is 4.79 Å². The van der Waals surface area contributed by atoms with Crippen LogP contribution in [-0.2, 0) is 9.47 Å². The van der Waals surface area contributed by atoms with Gasteiger partial charge in [-0.05, 0) is 34.1 Å². The molecule has 0 aromatic carbocycles. The van der Waals surface area contributed by atoms with Crippen molar-refractivity contribution in [2.45, 2.75) is 51.8 Å². The van der Waals surface area contributed by atoms with Crippen molar-refractivity contribution in [1.29, 1.82) is 0 Å². The summed E-state index contributed by atoms with van der Waals surface area (Å²) in [6.07, 6.45) is 0.746. The first-order valence-corrected chi connectivity index (χ1v) is 7.76. The van der Waals surface area contributed by atoms with Crippen LogP contribution in [0.25, 0.3) is 0 Å². The van der Waals surface area contributed by atoms with Gasteiger partial charge in [-0.25, -0.2) is 4.79 Å². The van der Waals surface area contributed by atoms with E-state index in [9.17, 15) is 4.79 Å². The number of nitrogens with zero attached hydrogens (tertiary/aromatic N) is 1. The summed E-state index contributed by atoms with van der Waals surface area (Å²) in [5.41, 5.74) is -0.446. The van der Waals surface area contributed by atoms with Gasteiger partial charge in [0.15, 0.2) is 0 Å². The summed E-state index contributed by atoms with van der Waals surface area (Å²) in [5.74, 6) is 0. The molecule has 0 aromatic heterocycles. The first-order chi connectivity index (χ1) is 9.78. The van der Waals surface area contributed by atoms with Crippen molar-refractivity contribution in [3.8, 4) is 0 Å². The number of amides is 1. The molecule has 1 rings (SSSR count). The molecule has 0 saturated carbocycles. The molecular weight excluding hydrogens is 270 g/mol. The van der Waals surface area contributed by atoms with Gasteiger partial charge in [0.1, 0.15) is 5.60 Å². The molecule has 6 heteroatoms. The minimum Gasteiger partial charge on any atom is -0.444 e. The number of likely N-dealkylation sites (N-methyl/N-ethyl adjacent to an activating group) is 1. The second-order valence-electron chi connectivity index (χ2n) is 6.72. The number of hydrogen-bond acceptors (Lipinski definition) is 5. The zero-order chi connectivity index (χ0) is 15.9.